The van der Waals surface area contributed by atoms with Crippen LogP contribution < -0.4 is 10.1 Å². The predicted octanol–water partition coefficient (Wildman–Crippen LogP) is 3.29. The second kappa shape index (κ2) is 9.61. The minimum absolute atomic E-state index is 0.0734. The number of carbonyl (C=O) groups excluding carboxylic acids is 1. The van der Waals surface area contributed by atoms with Gasteiger partial charge in [-0.1, -0.05) is 18.2 Å². The molecule has 1 N–H and O–H groups in total. The number of methoxy groups -OCH3 is 1. The van der Waals surface area contributed by atoms with Gasteiger partial charge in [-0.25, -0.2) is 0 Å². The molecule has 1 aliphatic heterocycles. The summed E-state index contributed by atoms with van der Waals surface area (Å²) in [6, 6.07) is 19.7. The molecule has 1 fully saturated rings. The van der Waals surface area contributed by atoms with Crippen molar-refractivity contribution in [2.45, 2.75) is 6.04 Å². The molecule has 1 atom stereocenters. The summed E-state index contributed by atoms with van der Waals surface area (Å²) in [5.74, 6) is 0.751. The monoisotopic (exact) mass is 405 g/mol. The number of amides is 1. The molecule has 156 valence electrons. The van der Waals surface area contributed by atoms with E-state index in [-0.39, 0.29) is 11.9 Å². The first-order chi connectivity index (χ1) is 14.7. The van der Waals surface area contributed by atoms with Crippen LogP contribution in [0.25, 0.3) is 5.69 Å². The molecule has 6 nitrogen and oxygen atoms in total. The molecule has 3 aromatic rings. The minimum atomic E-state index is -0.0734. The summed E-state index contributed by atoms with van der Waals surface area (Å²) in [6.07, 6.45) is 3.93. The van der Waals surface area contributed by atoms with Crippen molar-refractivity contribution in [3.05, 3.63) is 84.2 Å². The van der Waals surface area contributed by atoms with Crippen LogP contribution in [0.15, 0.2) is 73.1 Å². The Morgan fingerprint density at radius 1 is 1.07 bits per heavy atom. The molecule has 2 heterocycles. The third-order valence-corrected chi connectivity index (χ3v) is 5.45. The van der Waals surface area contributed by atoms with Crippen LogP contribution in [0.3, 0.4) is 0 Å². The van der Waals surface area contributed by atoms with E-state index in [1.165, 1.54) is 0 Å². The van der Waals surface area contributed by atoms with E-state index >= 15 is 0 Å². The van der Waals surface area contributed by atoms with E-state index in [1.54, 1.807) is 7.11 Å². The molecule has 0 spiro atoms. The molecule has 6 heteroatoms. The number of nitrogens with one attached hydrogen (secondary N) is 1. The number of rotatable bonds is 7. The van der Waals surface area contributed by atoms with Crippen LogP contribution in [0.4, 0.5) is 0 Å². The molecule has 4 rings (SSSR count). The Kier molecular flexibility index (Phi) is 6.47. The SMILES string of the molecule is COc1ccc(C(CNC(=O)c2cccc(-n3cccc3)c2)N2CCOCC2)cc1. The zero-order chi connectivity index (χ0) is 20.8. The van der Waals surface area contributed by atoms with Crippen LogP contribution in [0.2, 0.25) is 0 Å². The summed E-state index contributed by atoms with van der Waals surface area (Å²) in [6.45, 7) is 3.63. The Hall–Kier alpha value is -3.09. The number of ether oxygens (including phenoxy) is 2. The van der Waals surface area contributed by atoms with Gasteiger partial charge in [0.1, 0.15) is 5.75 Å². The minimum Gasteiger partial charge on any atom is -0.497 e. The van der Waals surface area contributed by atoms with E-state index in [0.717, 1.165) is 30.1 Å². The third kappa shape index (κ3) is 4.72. The van der Waals surface area contributed by atoms with Gasteiger partial charge in [0, 0.05) is 43.3 Å². The van der Waals surface area contributed by atoms with Gasteiger partial charge in [-0.15, -0.1) is 0 Å². The van der Waals surface area contributed by atoms with Gasteiger partial charge >= 0.3 is 0 Å². The fourth-order valence-electron chi connectivity index (χ4n) is 3.78. The van der Waals surface area contributed by atoms with Crippen molar-refractivity contribution in [3.63, 3.8) is 0 Å². The first-order valence-electron chi connectivity index (χ1n) is 10.2. The lowest BCUT2D eigenvalue weighted by Gasteiger charge is -2.35. The fraction of sp³-hybridized carbons (Fsp3) is 0.292. The normalized spacial score (nSPS) is 15.5. The number of carbonyl (C=O) groups is 1. The average molecular weight is 405 g/mol. The molecular weight excluding hydrogens is 378 g/mol. The van der Waals surface area contributed by atoms with Crippen LogP contribution in [0.1, 0.15) is 22.0 Å². The van der Waals surface area contributed by atoms with E-state index in [9.17, 15) is 4.79 Å². The highest BCUT2D eigenvalue weighted by atomic mass is 16.5. The van der Waals surface area contributed by atoms with Crippen molar-refractivity contribution in [1.82, 2.24) is 14.8 Å². The molecule has 2 aromatic carbocycles. The van der Waals surface area contributed by atoms with Crippen LogP contribution >= 0.6 is 0 Å². The molecule has 0 saturated carbocycles. The van der Waals surface area contributed by atoms with Gasteiger partial charge in [0.2, 0.25) is 0 Å². The van der Waals surface area contributed by atoms with Gasteiger partial charge in [0.05, 0.1) is 26.4 Å². The number of hydrogen-bond acceptors (Lipinski definition) is 4. The maximum absolute atomic E-state index is 12.9. The lowest BCUT2D eigenvalue weighted by atomic mass is 10.0. The third-order valence-electron chi connectivity index (χ3n) is 5.45. The highest BCUT2D eigenvalue weighted by molar-refractivity contribution is 5.94. The van der Waals surface area contributed by atoms with E-state index < -0.39 is 0 Å². The van der Waals surface area contributed by atoms with Gasteiger partial charge in [-0.05, 0) is 48.0 Å². The number of hydrogen-bond donors (Lipinski definition) is 1. The van der Waals surface area contributed by atoms with Crippen molar-refractivity contribution in [1.29, 1.82) is 0 Å². The van der Waals surface area contributed by atoms with Crippen molar-refractivity contribution in [2.24, 2.45) is 0 Å². The lowest BCUT2D eigenvalue weighted by molar-refractivity contribution is 0.0162. The number of benzene rings is 2. The summed E-state index contributed by atoms with van der Waals surface area (Å²) in [4.78, 5) is 15.3. The van der Waals surface area contributed by atoms with Crippen molar-refractivity contribution >= 4 is 5.91 Å². The van der Waals surface area contributed by atoms with Crippen molar-refractivity contribution in [3.8, 4) is 11.4 Å². The Balaban J connectivity index is 1.48. The van der Waals surface area contributed by atoms with E-state index in [4.69, 9.17) is 9.47 Å². The summed E-state index contributed by atoms with van der Waals surface area (Å²) in [5, 5.41) is 3.13. The maximum Gasteiger partial charge on any atom is 0.251 e. The largest absolute Gasteiger partial charge is 0.497 e. The smallest absolute Gasteiger partial charge is 0.251 e. The zero-order valence-electron chi connectivity index (χ0n) is 17.2. The maximum atomic E-state index is 12.9. The molecule has 1 aliphatic rings. The summed E-state index contributed by atoms with van der Waals surface area (Å²) >= 11 is 0. The van der Waals surface area contributed by atoms with Crippen LogP contribution in [0, 0.1) is 0 Å². The Morgan fingerprint density at radius 3 is 2.50 bits per heavy atom. The Labute approximate surface area is 177 Å². The Morgan fingerprint density at radius 2 is 1.80 bits per heavy atom. The quantitative estimate of drug-likeness (QED) is 0.655. The van der Waals surface area contributed by atoms with Gasteiger partial charge in [0.25, 0.3) is 5.91 Å². The summed E-state index contributed by atoms with van der Waals surface area (Å²) < 4.78 is 12.8. The molecule has 1 unspecified atom stereocenters. The molecule has 0 bridgehead atoms. The van der Waals surface area contributed by atoms with Gasteiger partial charge in [0.15, 0.2) is 0 Å². The molecule has 0 radical (unpaired) electrons. The average Bonchev–Trinajstić information content (AvgIpc) is 3.35. The van der Waals surface area contributed by atoms with E-state index in [2.05, 4.69) is 22.3 Å². The Bertz CT molecular complexity index is 948. The molecule has 1 amide bonds. The number of aromatic nitrogens is 1. The van der Waals surface area contributed by atoms with Gasteiger partial charge < -0.3 is 19.4 Å². The molecule has 1 aromatic heterocycles. The van der Waals surface area contributed by atoms with Crippen molar-refractivity contribution in [2.75, 3.05) is 40.0 Å². The topological polar surface area (TPSA) is 55.7 Å². The first-order valence-corrected chi connectivity index (χ1v) is 10.2. The number of morpholine rings is 1. The number of nitrogens with zero attached hydrogens (tertiary/aromatic N) is 2. The van der Waals surface area contributed by atoms with Crippen molar-refractivity contribution < 1.29 is 14.3 Å². The van der Waals surface area contributed by atoms with Gasteiger partial charge in [-0.3, -0.25) is 9.69 Å². The first kappa shape index (κ1) is 20.2. The molecule has 30 heavy (non-hydrogen) atoms. The lowest BCUT2D eigenvalue weighted by Crippen LogP contribution is -2.43. The standard InChI is InChI=1S/C24H27N3O3/c1-29-22-9-7-19(8-10-22)23(27-13-15-30-16-14-27)18-25-24(28)20-5-4-6-21(17-20)26-11-2-3-12-26/h2-12,17,23H,13-16,18H2,1H3,(H,25,28). The van der Waals surface area contributed by atoms with E-state index in [0.29, 0.717) is 25.3 Å². The summed E-state index contributed by atoms with van der Waals surface area (Å²) in [7, 11) is 1.66. The predicted molar refractivity (Wildman–Crippen MR) is 116 cm³/mol. The highest BCUT2D eigenvalue weighted by Gasteiger charge is 2.23. The second-order valence-electron chi connectivity index (χ2n) is 7.29. The highest BCUT2D eigenvalue weighted by Crippen LogP contribution is 2.24. The molecule has 0 aliphatic carbocycles. The van der Waals surface area contributed by atoms with Gasteiger partial charge in [-0.2, -0.15) is 0 Å². The fourth-order valence-corrected chi connectivity index (χ4v) is 3.78. The van der Waals surface area contributed by atoms with Crippen LogP contribution in [-0.2, 0) is 4.74 Å². The molecule has 1 saturated heterocycles. The molecular formula is C24H27N3O3. The summed E-state index contributed by atoms with van der Waals surface area (Å²) in [5.41, 5.74) is 2.77. The second-order valence-corrected chi connectivity index (χ2v) is 7.29. The zero-order valence-corrected chi connectivity index (χ0v) is 17.2. The van der Waals surface area contributed by atoms with E-state index in [1.807, 2.05) is 65.5 Å². The van der Waals surface area contributed by atoms with Crippen LogP contribution in [-0.4, -0.2) is 55.3 Å². The van der Waals surface area contributed by atoms with Crippen LogP contribution in [0.5, 0.6) is 5.75 Å².